The van der Waals surface area contributed by atoms with Crippen molar-refractivity contribution in [3.63, 3.8) is 0 Å². The van der Waals surface area contributed by atoms with E-state index >= 15 is 0 Å². The van der Waals surface area contributed by atoms with Gasteiger partial charge in [0.25, 0.3) is 0 Å². The molecule has 0 unspecified atom stereocenters. The van der Waals surface area contributed by atoms with Gasteiger partial charge in [0, 0.05) is 0 Å². The summed E-state index contributed by atoms with van der Waals surface area (Å²) in [7, 11) is 0. The van der Waals surface area contributed by atoms with Crippen LogP contribution in [0.15, 0.2) is 91.0 Å². The summed E-state index contributed by atoms with van der Waals surface area (Å²) in [6, 6.07) is 32.4. The summed E-state index contributed by atoms with van der Waals surface area (Å²) in [6.07, 6.45) is 1.10. The second-order valence-corrected chi connectivity index (χ2v) is 16.3. The third-order valence-corrected chi connectivity index (χ3v) is 18.2. The summed E-state index contributed by atoms with van der Waals surface area (Å²) < 4.78 is 0.685. The molecule has 0 fully saturated rings. The fourth-order valence-electron chi connectivity index (χ4n) is 2.77. The van der Waals surface area contributed by atoms with E-state index in [0.717, 1.165) is 6.29 Å². The zero-order valence-electron chi connectivity index (χ0n) is 12.7. The van der Waals surface area contributed by atoms with Gasteiger partial charge in [-0.15, -0.1) is 0 Å². The van der Waals surface area contributed by atoms with Gasteiger partial charge in [0.1, 0.15) is 0 Å². The van der Waals surface area contributed by atoms with E-state index in [4.69, 9.17) is 0 Å². The molecule has 0 aromatic heterocycles. The van der Waals surface area contributed by atoms with Gasteiger partial charge < -0.3 is 0 Å². The van der Waals surface area contributed by atoms with Gasteiger partial charge in [0.2, 0.25) is 0 Å². The normalized spacial score (nSPS) is 12.0. The third-order valence-electron chi connectivity index (χ3n) is 3.72. The molecular formula is C20H19AuOP. The molecule has 0 bridgehead atoms. The first-order valence-corrected chi connectivity index (χ1v) is 14.1. The van der Waals surface area contributed by atoms with E-state index in [1.54, 1.807) is 0 Å². The fourth-order valence-corrected chi connectivity index (χ4v) is 16.0. The predicted octanol–water partition coefficient (Wildman–Crippen LogP) is 3.33. The number of hydrogen-bond donors (Lipinski definition) is 0. The Morgan fingerprint density at radius 1 is 0.652 bits per heavy atom. The number of aldehydes is 1. The standard InChI is InChI=1S/C18H15P.C2H3O.Au/c1-4-10-16(11-5-1)19(17-12-6-2-7-13-17)18-14-8-3-9-15-18;1-2-3;/h1-15H;2H,1H2;/q;;-1/p+1. The average Bonchev–Trinajstić information content (AvgIpc) is 2.65. The molecule has 3 aromatic rings. The number of carbonyl (C=O) groups excluding carboxylic acids is 1. The molecule has 3 aromatic carbocycles. The molecule has 0 amide bonds. The molecule has 3 rings (SSSR count). The summed E-state index contributed by atoms with van der Waals surface area (Å²) in [4.78, 5) is 11.2. The van der Waals surface area contributed by atoms with Gasteiger partial charge in [0.05, 0.1) is 0 Å². The van der Waals surface area contributed by atoms with Crippen molar-refractivity contribution in [2.24, 2.45) is 0 Å². The Labute approximate surface area is 146 Å². The van der Waals surface area contributed by atoms with Crippen molar-refractivity contribution in [3.8, 4) is 0 Å². The van der Waals surface area contributed by atoms with Crippen molar-refractivity contribution in [1.29, 1.82) is 0 Å². The van der Waals surface area contributed by atoms with Gasteiger partial charge in [-0.3, -0.25) is 0 Å². The van der Waals surface area contributed by atoms with Crippen molar-refractivity contribution >= 4 is 27.4 Å². The van der Waals surface area contributed by atoms with Crippen LogP contribution in [0.2, 0.25) is 4.64 Å². The Balaban J connectivity index is 2.27. The number of rotatable bonds is 6. The van der Waals surface area contributed by atoms with E-state index < -0.39 is 5.15 Å². The van der Waals surface area contributed by atoms with Crippen molar-refractivity contribution in [2.45, 2.75) is 4.64 Å². The average molecular weight is 503 g/mol. The molecule has 0 N–H and O–H groups in total. The second-order valence-electron chi connectivity index (χ2n) is 5.10. The molecule has 0 saturated heterocycles. The van der Waals surface area contributed by atoms with Crippen LogP contribution in [0.3, 0.4) is 0 Å². The first-order valence-electron chi connectivity index (χ1n) is 7.49. The molecule has 121 valence electrons. The van der Waals surface area contributed by atoms with Crippen LogP contribution in [0.5, 0.6) is 0 Å². The molecule has 3 heteroatoms. The van der Waals surface area contributed by atoms with Crippen molar-refractivity contribution in [3.05, 3.63) is 91.0 Å². The molecule has 0 radical (unpaired) electrons. The van der Waals surface area contributed by atoms with E-state index in [0.29, 0.717) is 4.64 Å². The molecule has 0 aliphatic carbocycles. The molecule has 1 nitrogen and oxygen atoms in total. The Kier molecular flexibility index (Phi) is 5.59. The van der Waals surface area contributed by atoms with Crippen LogP contribution in [-0.2, 0) is 24.0 Å². The maximum absolute atomic E-state index is 11.2. The molecule has 0 atom stereocenters. The molecule has 23 heavy (non-hydrogen) atoms. The van der Waals surface area contributed by atoms with Crippen LogP contribution in [-0.4, -0.2) is 6.29 Å². The summed E-state index contributed by atoms with van der Waals surface area (Å²) >= 11 is -0.155. The first-order chi connectivity index (χ1) is 11.4. The van der Waals surface area contributed by atoms with Gasteiger partial charge in [-0.05, 0) is 0 Å². The Morgan fingerprint density at radius 3 is 1.30 bits per heavy atom. The number of benzene rings is 3. The minimum absolute atomic E-state index is 0.155. The van der Waals surface area contributed by atoms with E-state index in [1.165, 1.54) is 15.9 Å². The molecule has 0 heterocycles. The first kappa shape index (κ1) is 16.4. The molecule has 0 aliphatic heterocycles. The van der Waals surface area contributed by atoms with Crippen molar-refractivity contribution in [2.75, 3.05) is 0 Å². The van der Waals surface area contributed by atoms with Gasteiger partial charge in [-0.25, -0.2) is 0 Å². The van der Waals surface area contributed by atoms with Crippen LogP contribution < -0.4 is 15.9 Å². The zero-order valence-corrected chi connectivity index (χ0v) is 15.8. The van der Waals surface area contributed by atoms with Crippen LogP contribution >= 0.6 is 5.15 Å². The van der Waals surface area contributed by atoms with Gasteiger partial charge >= 0.3 is 147 Å². The van der Waals surface area contributed by atoms with E-state index in [2.05, 4.69) is 91.0 Å². The van der Waals surface area contributed by atoms with Gasteiger partial charge in [-0.1, -0.05) is 0 Å². The maximum atomic E-state index is 11.2. The van der Waals surface area contributed by atoms with Crippen LogP contribution in [0.25, 0.3) is 0 Å². The Bertz CT molecular complexity index is 648. The predicted molar refractivity (Wildman–Crippen MR) is 97.4 cm³/mol. The Hall–Kier alpha value is -1.50. The van der Waals surface area contributed by atoms with Crippen LogP contribution in [0, 0.1) is 0 Å². The van der Waals surface area contributed by atoms with E-state index in [-0.39, 0.29) is 19.2 Å². The molecule has 0 spiro atoms. The minimum atomic E-state index is -2.08. The quantitative estimate of drug-likeness (QED) is 0.287. The van der Waals surface area contributed by atoms with E-state index in [9.17, 15) is 4.79 Å². The third kappa shape index (κ3) is 3.39. The Morgan fingerprint density at radius 2 is 1.00 bits per heavy atom. The summed E-state index contributed by atoms with van der Waals surface area (Å²) in [5.41, 5.74) is 0. The monoisotopic (exact) mass is 503 g/mol. The van der Waals surface area contributed by atoms with Gasteiger partial charge in [0.15, 0.2) is 0 Å². The zero-order chi connectivity index (χ0) is 16.0. The fraction of sp³-hybridized carbons (Fsp3) is 0.0500. The summed E-state index contributed by atoms with van der Waals surface area (Å²) in [5.74, 6) is 0. The van der Waals surface area contributed by atoms with Crippen molar-refractivity contribution in [1.82, 2.24) is 0 Å². The summed E-state index contributed by atoms with van der Waals surface area (Å²) in [5, 5.41) is 2.13. The topological polar surface area (TPSA) is 17.1 Å². The van der Waals surface area contributed by atoms with Gasteiger partial charge in [-0.2, -0.15) is 0 Å². The van der Waals surface area contributed by atoms with Crippen molar-refractivity contribution < 1.29 is 24.0 Å². The SMILES string of the molecule is O=C[CH2][Au][PH](c1ccccc1)(c1ccccc1)c1ccccc1. The molecule has 0 saturated carbocycles. The van der Waals surface area contributed by atoms with Crippen LogP contribution in [0.4, 0.5) is 0 Å². The second kappa shape index (κ2) is 7.86. The van der Waals surface area contributed by atoms with E-state index in [1.807, 2.05) is 0 Å². The molecular weight excluding hydrogens is 484 g/mol. The molecule has 0 aliphatic rings. The number of carbonyl (C=O) groups is 1. The van der Waals surface area contributed by atoms with Crippen LogP contribution in [0.1, 0.15) is 0 Å². The summed E-state index contributed by atoms with van der Waals surface area (Å²) in [6.45, 7) is 0. The number of hydrogen-bond acceptors (Lipinski definition) is 1.